The molecule has 1 saturated carbocycles. The van der Waals surface area contributed by atoms with E-state index in [1.807, 2.05) is 31.2 Å². The lowest BCUT2D eigenvalue weighted by Crippen LogP contribution is -2.32. The van der Waals surface area contributed by atoms with Crippen molar-refractivity contribution in [3.05, 3.63) is 24.3 Å². The van der Waals surface area contributed by atoms with Crippen LogP contribution in [0.5, 0.6) is 5.75 Å². The Morgan fingerprint density at radius 2 is 2.00 bits per heavy atom. The highest BCUT2D eigenvalue weighted by Crippen LogP contribution is 2.33. The van der Waals surface area contributed by atoms with Crippen molar-refractivity contribution in [3.63, 3.8) is 0 Å². The van der Waals surface area contributed by atoms with Gasteiger partial charge in [0.25, 0.3) is 0 Å². The van der Waals surface area contributed by atoms with Crippen LogP contribution in [0.1, 0.15) is 46.5 Å². The van der Waals surface area contributed by atoms with Gasteiger partial charge in [-0.3, -0.25) is 0 Å². The van der Waals surface area contributed by atoms with Gasteiger partial charge in [0.1, 0.15) is 12.5 Å². The third-order valence-corrected chi connectivity index (χ3v) is 4.46. The maximum absolute atomic E-state index is 6.13. The van der Waals surface area contributed by atoms with E-state index in [1.54, 1.807) is 0 Å². The van der Waals surface area contributed by atoms with Crippen LogP contribution in [0.15, 0.2) is 24.3 Å². The summed E-state index contributed by atoms with van der Waals surface area (Å²) in [7, 11) is 0. The number of benzene rings is 1. The van der Waals surface area contributed by atoms with Crippen LogP contribution in [0.3, 0.4) is 0 Å². The third kappa shape index (κ3) is 4.63. The minimum Gasteiger partial charge on any atom is -0.492 e. The highest BCUT2D eigenvalue weighted by atomic mass is 16.5. The number of rotatable bonds is 7. The molecule has 0 spiro atoms. The fourth-order valence-electron chi connectivity index (χ4n) is 3.18. The maximum atomic E-state index is 6.13. The van der Waals surface area contributed by atoms with Crippen molar-refractivity contribution < 1.29 is 9.47 Å². The topological polar surface area (TPSA) is 30.5 Å². The number of hydrogen-bond donors (Lipinski definition) is 1. The van der Waals surface area contributed by atoms with Crippen molar-refractivity contribution in [1.82, 2.24) is 0 Å². The van der Waals surface area contributed by atoms with Crippen LogP contribution in [0.4, 0.5) is 5.69 Å². The second kappa shape index (κ2) is 8.28. The zero-order valence-electron chi connectivity index (χ0n) is 13.6. The second-order valence-corrected chi connectivity index (χ2v) is 6.04. The average molecular weight is 291 g/mol. The summed E-state index contributed by atoms with van der Waals surface area (Å²) < 4.78 is 11.7. The summed E-state index contributed by atoms with van der Waals surface area (Å²) in [5.74, 6) is 2.39. The van der Waals surface area contributed by atoms with Crippen LogP contribution in [-0.2, 0) is 4.74 Å². The largest absolute Gasteiger partial charge is 0.492 e. The van der Waals surface area contributed by atoms with Crippen LogP contribution in [-0.4, -0.2) is 19.4 Å². The number of nitrogens with one attached hydrogen (secondary N) is 1. The first-order chi connectivity index (χ1) is 10.2. The molecule has 1 fully saturated rings. The molecule has 1 aromatic rings. The lowest BCUT2D eigenvalue weighted by Gasteiger charge is -2.34. The van der Waals surface area contributed by atoms with E-state index in [9.17, 15) is 0 Å². The Bertz CT molecular complexity index is 421. The van der Waals surface area contributed by atoms with Crippen molar-refractivity contribution in [3.8, 4) is 5.75 Å². The predicted molar refractivity (Wildman–Crippen MR) is 87.8 cm³/mol. The molecule has 3 nitrogen and oxygen atoms in total. The molecule has 118 valence electrons. The van der Waals surface area contributed by atoms with Gasteiger partial charge >= 0.3 is 0 Å². The van der Waals surface area contributed by atoms with E-state index in [2.05, 4.69) is 19.2 Å². The van der Waals surface area contributed by atoms with Crippen molar-refractivity contribution in [1.29, 1.82) is 0 Å². The zero-order valence-corrected chi connectivity index (χ0v) is 13.6. The van der Waals surface area contributed by atoms with Gasteiger partial charge in [-0.05, 0) is 43.7 Å². The molecule has 1 N–H and O–H groups in total. The zero-order chi connectivity index (χ0) is 15.1. The molecular weight excluding hydrogens is 262 g/mol. The van der Waals surface area contributed by atoms with Gasteiger partial charge in [0.05, 0.1) is 18.4 Å². The molecule has 0 aromatic heterocycles. The minimum atomic E-state index is 0.394. The molecule has 0 bridgehead atoms. The Balaban J connectivity index is 1.85. The van der Waals surface area contributed by atoms with E-state index in [1.165, 1.54) is 25.7 Å². The summed E-state index contributed by atoms with van der Waals surface area (Å²) in [4.78, 5) is 0. The first-order valence-electron chi connectivity index (χ1n) is 8.31. The van der Waals surface area contributed by atoms with Crippen LogP contribution in [0, 0.1) is 11.8 Å². The van der Waals surface area contributed by atoms with E-state index >= 15 is 0 Å². The Morgan fingerprint density at radius 1 is 1.19 bits per heavy atom. The Morgan fingerprint density at radius 3 is 2.76 bits per heavy atom. The van der Waals surface area contributed by atoms with Crippen molar-refractivity contribution in [2.24, 2.45) is 11.8 Å². The Hall–Kier alpha value is -1.22. The monoisotopic (exact) mass is 291 g/mol. The summed E-state index contributed by atoms with van der Waals surface area (Å²) in [6.07, 6.45) is 5.45. The smallest absolute Gasteiger partial charge is 0.142 e. The summed E-state index contributed by atoms with van der Waals surface area (Å²) in [5.41, 5.74) is 1.01. The maximum Gasteiger partial charge on any atom is 0.142 e. The summed E-state index contributed by atoms with van der Waals surface area (Å²) in [6, 6.07) is 8.04. The average Bonchev–Trinajstić information content (AvgIpc) is 2.49. The van der Waals surface area contributed by atoms with Crippen LogP contribution >= 0.6 is 0 Å². The normalized spacial score (nSPS) is 25.6. The Kier molecular flexibility index (Phi) is 6.37. The highest BCUT2D eigenvalue weighted by Gasteiger charge is 2.27. The number of para-hydroxylation sites is 2. The first-order valence-corrected chi connectivity index (χ1v) is 8.31. The predicted octanol–water partition coefficient (Wildman–Crippen LogP) is 4.69. The molecule has 0 radical (unpaired) electrons. The summed E-state index contributed by atoms with van der Waals surface area (Å²) in [5, 5.41) is 3.36. The summed E-state index contributed by atoms with van der Waals surface area (Å²) >= 11 is 0. The van der Waals surface area contributed by atoms with E-state index in [-0.39, 0.29) is 0 Å². The van der Waals surface area contributed by atoms with Gasteiger partial charge in [-0.15, -0.1) is 0 Å². The van der Waals surface area contributed by atoms with Crippen molar-refractivity contribution in [2.75, 3.05) is 18.7 Å². The third-order valence-electron chi connectivity index (χ3n) is 4.46. The molecule has 0 heterocycles. The van der Waals surface area contributed by atoms with Crippen molar-refractivity contribution >= 4 is 5.69 Å². The highest BCUT2D eigenvalue weighted by molar-refractivity contribution is 5.55. The molecule has 3 atom stereocenters. The fraction of sp³-hybridized carbons (Fsp3) is 0.667. The van der Waals surface area contributed by atoms with Gasteiger partial charge in [-0.2, -0.15) is 0 Å². The molecule has 3 heteroatoms. The van der Waals surface area contributed by atoms with Crippen LogP contribution < -0.4 is 10.1 Å². The molecular formula is C18H29NO2. The molecule has 1 aromatic carbocycles. The Labute approximate surface area is 129 Å². The van der Waals surface area contributed by atoms with Gasteiger partial charge in [0.2, 0.25) is 0 Å². The number of ether oxygens (including phenoxy) is 2. The SMILES string of the molecule is CCOc1ccccc1NCOC1CC(C)CCC1CC. The van der Waals surface area contributed by atoms with E-state index in [4.69, 9.17) is 9.47 Å². The lowest BCUT2D eigenvalue weighted by molar-refractivity contribution is -0.0164. The number of hydrogen-bond acceptors (Lipinski definition) is 3. The van der Waals surface area contributed by atoms with Crippen LogP contribution in [0.2, 0.25) is 0 Å². The molecule has 2 rings (SSSR count). The molecule has 1 aliphatic carbocycles. The molecule has 0 amide bonds. The quantitative estimate of drug-likeness (QED) is 0.739. The van der Waals surface area contributed by atoms with Gasteiger partial charge < -0.3 is 14.8 Å². The molecule has 1 aliphatic rings. The molecule has 0 aliphatic heterocycles. The van der Waals surface area contributed by atoms with Crippen LogP contribution in [0.25, 0.3) is 0 Å². The summed E-state index contributed by atoms with van der Waals surface area (Å²) in [6.45, 7) is 7.84. The van der Waals surface area contributed by atoms with Gasteiger partial charge in [0, 0.05) is 0 Å². The standard InChI is InChI=1S/C18H29NO2/c1-4-15-11-10-14(3)12-18(15)21-13-19-16-8-6-7-9-17(16)20-5-2/h6-9,14-15,18-19H,4-5,10-13H2,1-3H3. The van der Waals surface area contributed by atoms with E-state index in [0.29, 0.717) is 25.4 Å². The second-order valence-electron chi connectivity index (χ2n) is 6.04. The van der Waals surface area contributed by atoms with Gasteiger partial charge in [-0.1, -0.05) is 38.8 Å². The molecule has 21 heavy (non-hydrogen) atoms. The number of anilines is 1. The molecule has 3 unspecified atom stereocenters. The van der Waals surface area contributed by atoms with E-state index < -0.39 is 0 Å². The molecule has 0 saturated heterocycles. The van der Waals surface area contributed by atoms with Crippen molar-refractivity contribution in [2.45, 2.75) is 52.6 Å². The van der Waals surface area contributed by atoms with Gasteiger partial charge in [-0.25, -0.2) is 0 Å². The van der Waals surface area contributed by atoms with Gasteiger partial charge in [0.15, 0.2) is 0 Å². The lowest BCUT2D eigenvalue weighted by atomic mass is 9.79. The minimum absolute atomic E-state index is 0.394. The first kappa shape index (κ1) is 16.2. The van der Waals surface area contributed by atoms with E-state index in [0.717, 1.165) is 17.4 Å². The fourth-order valence-corrected chi connectivity index (χ4v) is 3.18.